The average Bonchev–Trinajstić information content (AvgIpc) is 3.11. The van der Waals surface area contributed by atoms with E-state index in [2.05, 4.69) is 15.6 Å². The van der Waals surface area contributed by atoms with Crippen molar-refractivity contribution in [3.8, 4) is 17.2 Å². The normalized spacial score (nSPS) is 10.3. The lowest BCUT2D eigenvalue weighted by molar-refractivity contribution is 0.252. The number of nitrogens with zero attached hydrogens (tertiary/aromatic N) is 1. The second-order valence-corrected chi connectivity index (χ2v) is 5.37. The zero-order valence-corrected chi connectivity index (χ0v) is 13.9. The number of nitrogens with one attached hydrogen (secondary N) is 2. The summed E-state index contributed by atoms with van der Waals surface area (Å²) in [6.45, 7) is 0.455. The molecule has 0 atom stereocenters. The van der Waals surface area contributed by atoms with Crippen molar-refractivity contribution in [3.63, 3.8) is 0 Å². The van der Waals surface area contributed by atoms with E-state index in [0.717, 1.165) is 11.3 Å². The molecule has 0 spiro atoms. The minimum absolute atomic E-state index is 0.278. The smallest absolute Gasteiger partial charge is 0.319 e. The lowest BCUT2D eigenvalue weighted by Crippen LogP contribution is -2.30. The molecule has 0 aliphatic rings. The number of hydrogen-bond donors (Lipinski definition) is 2. The van der Waals surface area contributed by atoms with Gasteiger partial charge in [0.1, 0.15) is 12.0 Å². The lowest BCUT2D eigenvalue weighted by Gasteiger charge is -2.08. The monoisotopic (exact) mass is 337 g/mol. The summed E-state index contributed by atoms with van der Waals surface area (Å²) in [5.41, 5.74) is 2.39. The fraction of sp³-hybridized carbons (Fsp3) is 0.158. The van der Waals surface area contributed by atoms with Crippen molar-refractivity contribution in [2.75, 3.05) is 19.0 Å². The maximum atomic E-state index is 11.9. The van der Waals surface area contributed by atoms with Gasteiger partial charge >= 0.3 is 6.03 Å². The summed E-state index contributed by atoms with van der Waals surface area (Å²) in [5.74, 6) is 1.27. The molecule has 3 aromatic rings. The van der Waals surface area contributed by atoms with Gasteiger partial charge in [-0.25, -0.2) is 9.78 Å². The van der Waals surface area contributed by atoms with Gasteiger partial charge < -0.3 is 19.8 Å². The molecule has 0 saturated carbocycles. The lowest BCUT2D eigenvalue weighted by atomic mass is 10.2. The third-order valence-corrected chi connectivity index (χ3v) is 3.57. The van der Waals surface area contributed by atoms with E-state index >= 15 is 0 Å². The standard InChI is InChI=1S/C19H19N3O3/c1-24-17-9-5-8-15(12-17)22-19(23)20-11-10-16-13-25-18(21-16)14-6-3-2-4-7-14/h2-9,12-13H,10-11H2,1H3,(H2,20,22,23). The van der Waals surface area contributed by atoms with Gasteiger partial charge in [-0.3, -0.25) is 0 Å². The Hall–Kier alpha value is -3.28. The molecule has 0 aliphatic heterocycles. The van der Waals surface area contributed by atoms with E-state index in [0.29, 0.717) is 30.3 Å². The van der Waals surface area contributed by atoms with Crippen LogP contribution in [0.5, 0.6) is 5.75 Å². The van der Waals surface area contributed by atoms with Crippen molar-refractivity contribution >= 4 is 11.7 Å². The third kappa shape index (κ3) is 4.60. The molecule has 2 aromatic carbocycles. The molecule has 0 fully saturated rings. The van der Waals surface area contributed by atoms with Crippen LogP contribution >= 0.6 is 0 Å². The van der Waals surface area contributed by atoms with Crippen LogP contribution in [-0.2, 0) is 6.42 Å². The number of amides is 2. The van der Waals surface area contributed by atoms with Crippen LogP contribution in [0.4, 0.5) is 10.5 Å². The molecule has 0 aliphatic carbocycles. The molecule has 128 valence electrons. The van der Waals surface area contributed by atoms with Crippen molar-refractivity contribution in [1.82, 2.24) is 10.3 Å². The highest BCUT2D eigenvalue weighted by molar-refractivity contribution is 5.89. The maximum Gasteiger partial charge on any atom is 0.319 e. The van der Waals surface area contributed by atoms with Gasteiger partial charge in [-0.15, -0.1) is 0 Å². The van der Waals surface area contributed by atoms with E-state index in [1.165, 1.54) is 0 Å². The summed E-state index contributed by atoms with van der Waals surface area (Å²) in [6.07, 6.45) is 2.20. The predicted octanol–water partition coefficient (Wildman–Crippen LogP) is 3.71. The number of ether oxygens (including phenoxy) is 1. The van der Waals surface area contributed by atoms with Crippen LogP contribution in [0.15, 0.2) is 65.3 Å². The summed E-state index contributed by atoms with van der Waals surface area (Å²) in [4.78, 5) is 16.4. The van der Waals surface area contributed by atoms with Crippen LogP contribution in [0.2, 0.25) is 0 Å². The fourth-order valence-electron chi connectivity index (χ4n) is 2.32. The Morgan fingerprint density at radius 3 is 2.80 bits per heavy atom. The molecule has 2 amide bonds. The van der Waals surface area contributed by atoms with Crippen LogP contribution < -0.4 is 15.4 Å². The summed E-state index contributed by atoms with van der Waals surface area (Å²) in [7, 11) is 1.58. The van der Waals surface area contributed by atoms with Gasteiger partial charge in [-0.2, -0.15) is 0 Å². The molecule has 0 bridgehead atoms. The Balaban J connectivity index is 1.48. The van der Waals surface area contributed by atoms with Gasteiger partial charge in [-0.05, 0) is 24.3 Å². The molecule has 3 rings (SSSR count). The number of oxazole rings is 1. The van der Waals surface area contributed by atoms with Gasteiger partial charge in [0.05, 0.1) is 12.8 Å². The largest absolute Gasteiger partial charge is 0.497 e. The predicted molar refractivity (Wildman–Crippen MR) is 95.7 cm³/mol. The average molecular weight is 337 g/mol. The van der Waals surface area contributed by atoms with Crippen molar-refractivity contribution in [2.45, 2.75) is 6.42 Å². The Labute approximate surface area is 145 Å². The molecule has 0 radical (unpaired) electrons. The Morgan fingerprint density at radius 2 is 2.00 bits per heavy atom. The van der Waals surface area contributed by atoms with Crippen molar-refractivity contribution in [1.29, 1.82) is 0 Å². The number of carbonyl (C=O) groups excluding carboxylic acids is 1. The first kappa shape index (κ1) is 16.6. The topological polar surface area (TPSA) is 76.4 Å². The Bertz CT molecular complexity index is 831. The van der Waals surface area contributed by atoms with E-state index < -0.39 is 0 Å². The van der Waals surface area contributed by atoms with Crippen LogP contribution in [0, 0.1) is 0 Å². The van der Waals surface area contributed by atoms with Crippen LogP contribution in [-0.4, -0.2) is 24.7 Å². The minimum Gasteiger partial charge on any atom is -0.497 e. The number of hydrogen-bond acceptors (Lipinski definition) is 4. The highest BCUT2D eigenvalue weighted by Gasteiger charge is 2.07. The van der Waals surface area contributed by atoms with Crippen molar-refractivity contribution in [3.05, 3.63) is 66.6 Å². The molecule has 1 aromatic heterocycles. The Morgan fingerprint density at radius 1 is 1.16 bits per heavy atom. The third-order valence-electron chi connectivity index (χ3n) is 3.57. The first-order chi connectivity index (χ1) is 12.2. The van der Waals surface area contributed by atoms with Gasteiger partial charge in [0.2, 0.25) is 5.89 Å². The van der Waals surface area contributed by atoms with E-state index in [1.54, 1.807) is 25.5 Å². The number of anilines is 1. The number of urea groups is 1. The number of carbonyl (C=O) groups is 1. The van der Waals surface area contributed by atoms with Crippen molar-refractivity contribution < 1.29 is 13.9 Å². The number of rotatable bonds is 6. The van der Waals surface area contributed by atoms with Crippen LogP contribution in [0.25, 0.3) is 11.5 Å². The zero-order chi connectivity index (χ0) is 17.5. The second-order valence-electron chi connectivity index (χ2n) is 5.37. The van der Waals surface area contributed by atoms with Gasteiger partial charge in [-0.1, -0.05) is 24.3 Å². The number of benzene rings is 2. The van der Waals surface area contributed by atoms with Crippen LogP contribution in [0.3, 0.4) is 0 Å². The van der Waals surface area contributed by atoms with Crippen LogP contribution in [0.1, 0.15) is 5.69 Å². The highest BCUT2D eigenvalue weighted by Crippen LogP contribution is 2.18. The van der Waals surface area contributed by atoms with Crippen molar-refractivity contribution in [2.24, 2.45) is 0 Å². The maximum absolute atomic E-state index is 11.9. The van der Waals surface area contributed by atoms with Gasteiger partial charge in [0.25, 0.3) is 0 Å². The quantitative estimate of drug-likeness (QED) is 0.719. The molecule has 6 nitrogen and oxygen atoms in total. The molecular formula is C19H19N3O3. The molecule has 25 heavy (non-hydrogen) atoms. The molecule has 0 saturated heterocycles. The zero-order valence-electron chi connectivity index (χ0n) is 13.9. The van der Waals surface area contributed by atoms with E-state index in [4.69, 9.17) is 9.15 Å². The SMILES string of the molecule is COc1cccc(NC(=O)NCCc2coc(-c3ccccc3)n2)c1. The number of methoxy groups -OCH3 is 1. The second kappa shape index (κ2) is 8.01. The summed E-state index contributed by atoms with van der Waals surface area (Å²) in [5, 5.41) is 5.55. The molecule has 1 heterocycles. The first-order valence-corrected chi connectivity index (χ1v) is 7.93. The first-order valence-electron chi connectivity index (χ1n) is 7.93. The summed E-state index contributed by atoms with van der Waals surface area (Å²) < 4.78 is 10.6. The summed E-state index contributed by atoms with van der Waals surface area (Å²) >= 11 is 0. The summed E-state index contributed by atoms with van der Waals surface area (Å²) in [6, 6.07) is 16.6. The molecule has 2 N–H and O–H groups in total. The van der Waals surface area contributed by atoms with E-state index in [-0.39, 0.29) is 6.03 Å². The fourth-order valence-corrected chi connectivity index (χ4v) is 2.32. The molecule has 6 heteroatoms. The van der Waals surface area contributed by atoms with E-state index in [9.17, 15) is 4.79 Å². The molecule has 0 unspecified atom stereocenters. The minimum atomic E-state index is -0.278. The Kier molecular flexibility index (Phi) is 5.31. The highest BCUT2D eigenvalue weighted by atomic mass is 16.5. The molecular weight excluding hydrogens is 318 g/mol. The van der Waals surface area contributed by atoms with Gasteiger partial charge in [0, 0.05) is 30.3 Å². The van der Waals surface area contributed by atoms with E-state index in [1.807, 2.05) is 42.5 Å². The van der Waals surface area contributed by atoms with Gasteiger partial charge in [0.15, 0.2) is 0 Å². The number of aromatic nitrogens is 1.